The highest BCUT2D eigenvalue weighted by Crippen LogP contribution is 2.46. The molecule has 0 amide bonds. The highest BCUT2D eigenvalue weighted by Gasteiger charge is 2.40. The van der Waals surface area contributed by atoms with Crippen molar-refractivity contribution in [3.63, 3.8) is 0 Å². The van der Waals surface area contributed by atoms with Crippen LogP contribution in [-0.4, -0.2) is 18.2 Å². The summed E-state index contributed by atoms with van der Waals surface area (Å²) < 4.78 is 5.41. The number of hydrogen-bond donors (Lipinski definition) is 1. The summed E-state index contributed by atoms with van der Waals surface area (Å²) >= 11 is 0. The van der Waals surface area contributed by atoms with Crippen molar-refractivity contribution in [1.29, 1.82) is 0 Å². The molecule has 3 heteroatoms. The fourth-order valence-electron chi connectivity index (χ4n) is 3.22. The van der Waals surface area contributed by atoms with Crippen LogP contribution in [-0.2, 0) is 10.2 Å². The fraction of sp³-hybridized carbons (Fsp3) is 0.438. The minimum absolute atomic E-state index is 0.471. The minimum Gasteiger partial charge on any atom is -0.496 e. The molecule has 1 aliphatic carbocycles. The van der Waals surface area contributed by atoms with E-state index in [4.69, 9.17) is 4.74 Å². The van der Waals surface area contributed by atoms with Crippen LogP contribution in [0.2, 0.25) is 0 Å². The monoisotopic (exact) mass is 260 g/mol. The summed E-state index contributed by atoms with van der Waals surface area (Å²) in [5.74, 6) is -0.0518. The van der Waals surface area contributed by atoms with E-state index in [0.29, 0.717) is 5.57 Å². The molecule has 0 spiro atoms. The molecular formula is C16H20O3. The Labute approximate surface area is 113 Å². The molecule has 19 heavy (non-hydrogen) atoms. The second-order valence-electron chi connectivity index (χ2n) is 5.35. The fourth-order valence-corrected chi connectivity index (χ4v) is 3.22. The van der Waals surface area contributed by atoms with E-state index >= 15 is 0 Å². The summed E-state index contributed by atoms with van der Waals surface area (Å²) in [5, 5.41) is 9.57. The predicted molar refractivity (Wildman–Crippen MR) is 74.5 cm³/mol. The third-order valence-corrected chi connectivity index (χ3v) is 4.12. The van der Waals surface area contributed by atoms with Crippen LogP contribution in [0, 0.1) is 0 Å². The first-order valence-electron chi connectivity index (χ1n) is 6.57. The van der Waals surface area contributed by atoms with E-state index in [1.807, 2.05) is 38.1 Å². The Morgan fingerprint density at radius 1 is 1.37 bits per heavy atom. The standard InChI is InChI=1S/C16H20O3/c1-11-7-6-10-16(2,14(11)15(17)18)12-8-4-5-9-13(12)19-3/h4-5,8-9H,6-7,10H2,1-3H3,(H,17,18). The Hall–Kier alpha value is -1.77. The Morgan fingerprint density at radius 3 is 2.68 bits per heavy atom. The smallest absolute Gasteiger partial charge is 0.332 e. The van der Waals surface area contributed by atoms with Gasteiger partial charge in [-0.3, -0.25) is 0 Å². The van der Waals surface area contributed by atoms with Crippen LogP contribution < -0.4 is 4.74 Å². The van der Waals surface area contributed by atoms with E-state index < -0.39 is 11.4 Å². The van der Waals surface area contributed by atoms with Gasteiger partial charge in [0.2, 0.25) is 0 Å². The molecule has 3 nitrogen and oxygen atoms in total. The number of ether oxygens (including phenoxy) is 1. The lowest BCUT2D eigenvalue weighted by molar-refractivity contribution is -0.133. The van der Waals surface area contributed by atoms with Gasteiger partial charge in [0.05, 0.1) is 7.11 Å². The lowest BCUT2D eigenvalue weighted by Gasteiger charge is -2.36. The van der Waals surface area contributed by atoms with Gasteiger partial charge in [0, 0.05) is 16.6 Å². The SMILES string of the molecule is COc1ccccc1C1(C)CCCC(C)=C1C(=O)O. The molecule has 0 radical (unpaired) electrons. The van der Waals surface area contributed by atoms with Gasteiger partial charge in [0.1, 0.15) is 5.75 Å². The first-order chi connectivity index (χ1) is 9.00. The molecule has 2 rings (SSSR count). The molecule has 0 fully saturated rings. The molecule has 0 aromatic heterocycles. The number of rotatable bonds is 3. The molecule has 0 saturated heterocycles. The van der Waals surface area contributed by atoms with E-state index in [0.717, 1.165) is 36.1 Å². The van der Waals surface area contributed by atoms with Crippen molar-refractivity contribution >= 4 is 5.97 Å². The van der Waals surface area contributed by atoms with E-state index in [-0.39, 0.29) is 0 Å². The van der Waals surface area contributed by atoms with Crippen molar-refractivity contribution in [1.82, 2.24) is 0 Å². The van der Waals surface area contributed by atoms with Crippen LogP contribution in [0.4, 0.5) is 0 Å². The molecule has 0 heterocycles. The zero-order valence-corrected chi connectivity index (χ0v) is 11.7. The normalized spacial score (nSPS) is 23.3. The third-order valence-electron chi connectivity index (χ3n) is 4.12. The molecule has 102 valence electrons. The zero-order valence-electron chi connectivity index (χ0n) is 11.7. The van der Waals surface area contributed by atoms with E-state index in [1.54, 1.807) is 7.11 Å². The van der Waals surface area contributed by atoms with Crippen molar-refractivity contribution in [2.45, 2.75) is 38.5 Å². The average molecular weight is 260 g/mol. The number of aliphatic carboxylic acids is 1. The van der Waals surface area contributed by atoms with Gasteiger partial charge in [-0.05, 0) is 32.3 Å². The highest BCUT2D eigenvalue weighted by molar-refractivity contribution is 5.91. The maximum Gasteiger partial charge on any atom is 0.332 e. The van der Waals surface area contributed by atoms with Crippen molar-refractivity contribution in [2.24, 2.45) is 0 Å². The largest absolute Gasteiger partial charge is 0.496 e. The van der Waals surface area contributed by atoms with Gasteiger partial charge in [0.15, 0.2) is 0 Å². The number of carbonyl (C=O) groups is 1. The Balaban J connectivity index is 2.63. The predicted octanol–water partition coefficient (Wildman–Crippen LogP) is 3.54. The lowest BCUT2D eigenvalue weighted by atomic mass is 9.67. The van der Waals surface area contributed by atoms with Crippen molar-refractivity contribution in [3.8, 4) is 5.75 Å². The maximum absolute atomic E-state index is 11.7. The molecule has 1 unspecified atom stereocenters. The summed E-state index contributed by atoms with van der Waals surface area (Å²) in [7, 11) is 1.63. The van der Waals surface area contributed by atoms with E-state index in [9.17, 15) is 9.90 Å². The van der Waals surface area contributed by atoms with Gasteiger partial charge in [-0.2, -0.15) is 0 Å². The van der Waals surface area contributed by atoms with Crippen LogP contribution in [0.3, 0.4) is 0 Å². The number of allylic oxidation sites excluding steroid dienone is 1. The van der Waals surface area contributed by atoms with Gasteiger partial charge >= 0.3 is 5.97 Å². The molecule has 1 aromatic carbocycles. The molecular weight excluding hydrogens is 240 g/mol. The summed E-state index contributed by atoms with van der Waals surface area (Å²) in [4.78, 5) is 11.7. The number of benzene rings is 1. The molecule has 1 aliphatic rings. The molecule has 1 aromatic rings. The van der Waals surface area contributed by atoms with Crippen molar-refractivity contribution < 1.29 is 14.6 Å². The summed E-state index contributed by atoms with van der Waals surface area (Å²) in [6.07, 6.45) is 2.72. The molecule has 0 aliphatic heterocycles. The van der Waals surface area contributed by atoms with Gasteiger partial charge in [-0.25, -0.2) is 4.79 Å². The summed E-state index contributed by atoms with van der Waals surface area (Å²) in [5.41, 5.74) is 2.00. The first kappa shape index (κ1) is 13.7. The first-order valence-corrected chi connectivity index (χ1v) is 6.57. The molecule has 1 atom stereocenters. The molecule has 0 bridgehead atoms. The summed E-state index contributed by atoms with van der Waals surface area (Å²) in [6.45, 7) is 3.94. The number of carboxylic acids is 1. The topological polar surface area (TPSA) is 46.5 Å². The van der Waals surface area contributed by atoms with Crippen LogP contribution in [0.1, 0.15) is 38.7 Å². The molecule has 0 saturated carbocycles. The Kier molecular flexibility index (Phi) is 3.65. The zero-order chi connectivity index (χ0) is 14.0. The van der Waals surface area contributed by atoms with Crippen molar-refractivity contribution in [3.05, 3.63) is 41.0 Å². The second kappa shape index (κ2) is 5.08. The average Bonchev–Trinajstić information content (AvgIpc) is 2.38. The van der Waals surface area contributed by atoms with Gasteiger partial charge in [-0.1, -0.05) is 30.7 Å². The van der Waals surface area contributed by atoms with Crippen LogP contribution in [0.5, 0.6) is 5.75 Å². The van der Waals surface area contributed by atoms with E-state index in [1.165, 1.54) is 0 Å². The second-order valence-corrected chi connectivity index (χ2v) is 5.35. The number of methoxy groups -OCH3 is 1. The van der Waals surface area contributed by atoms with Crippen LogP contribution >= 0.6 is 0 Å². The lowest BCUT2D eigenvalue weighted by Crippen LogP contribution is -2.33. The maximum atomic E-state index is 11.7. The Morgan fingerprint density at radius 2 is 2.05 bits per heavy atom. The highest BCUT2D eigenvalue weighted by atomic mass is 16.5. The Bertz CT molecular complexity index is 531. The number of hydrogen-bond acceptors (Lipinski definition) is 2. The van der Waals surface area contributed by atoms with Gasteiger partial charge in [0.25, 0.3) is 0 Å². The van der Waals surface area contributed by atoms with Crippen LogP contribution in [0.25, 0.3) is 0 Å². The summed E-state index contributed by atoms with van der Waals surface area (Å²) in [6, 6.07) is 7.71. The number of carboxylic acid groups (broad SMARTS) is 1. The minimum atomic E-state index is -0.814. The van der Waals surface area contributed by atoms with E-state index in [2.05, 4.69) is 0 Å². The van der Waals surface area contributed by atoms with Gasteiger partial charge in [-0.15, -0.1) is 0 Å². The number of para-hydroxylation sites is 1. The van der Waals surface area contributed by atoms with Crippen molar-refractivity contribution in [2.75, 3.05) is 7.11 Å². The molecule has 1 N–H and O–H groups in total. The third kappa shape index (κ3) is 2.25. The van der Waals surface area contributed by atoms with Gasteiger partial charge < -0.3 is 9.84 Å². The quantitative estimate of drug-likeness (QED) is 0.904. The van der Waals surface area contributed by atoms with Crippen LogP contribution in [0.15, 0.2) is 35.4 Å².